The fourth-order valence-corrected chi connectivity index (χ4v) is 5.18. The van der Waals surface area contributed by atoms with Gasteiger partial charge in [0.15, 0.2) is 0 Å². The highest BCUT2D eigenvalue weighted by Gasteiger charge is 2.48. The van der Waals surface area contributed by atoms with Crippen molar-refractivity contribution in [1.29, 1.82) is 0 Å². The standard InChI is InChI=1S/C25H33NO2S/c1-18-5-7-19(8-6-18)23(27)26(20-9-13-25(14-10-20)17-28-25)21-15-22(29-16-21)11-12-24(2,3)4/h5,15-16,19-20H,6-10,13-14,17H2,1-4H3/t19-,20-,25-/m0/s1. The molecule has 1 saturated heterocycles. The highest BCUT2D eigenvalue weighted by Crippen LogP contribution is 2.44. The molecule has 0 unspecified atom stereocenters. The number of anilines is 1. The van der Waals surface area contributed by atoms with E-state index in [-0.39, 0.29) is 23.0 Å². The number of allylic oxidation sites excluding steroid dienone is 2. The summed E-state index contributed by atoms with van der Waals surface area (Å²) >= 11 is 1.66. The van der Waals surface area contributed by atoms with Crippen LogP contribution in [0.2, 0.25) is 0 Å². The van der Waals surface area contributed by atoms with Crippen LogP contribution in [0, 0.1) is 23.2 Å². The molecular weight excluding hydrogens is 378 g/mol. The van der Waals surface area contributed by atoms with E-state index in [0.29, 0.717) is 5.91 Å². The van der Waals surface area contributed by atoms with E-state index in [1.807, 2.05) is 0 Å². The number of hydrogen-bond donors (Lipinski definition) is 0. The molecule has 1 aliphatic heterocycles. The monoisotopic (exact) mass is 411 g/mol. The summed E-state index contributed by atoms with van der Waals surface area (Å²) in [6.07, 6.45) is 9.36. The maximum atomic E-state index is 13.6. The number of amides is 1. The third-order valence-corrected chi connectivity index (χ3v) is 7.27. The molecule has 0 aromatic carbocycles. The van der Waals surface area contributed by atoms with Crippen LogP contribution in [0.25, 0.3) is 0 Å². The van der Waals surface area contributed by atoms with E-state index in [1.165, 1.54) is 5.57 Å². The van der Waals surface area contributed by atoms with Gasteiger partial charge in [-0.25, -0.2) is 0 Å². The molecule has 2 heterocycles. The Kier molecular flexibility index (Phi) is 5.66. The van der Waals surface area contributed by atoms with Gasteiger partial charge < -0.3 is 9.64 Å². The lowest BCUT2D eigenvalue weighted by Gasteiger charge is -2.38. The maximum absolute atomic E-state index is 13.6. The van der Waals surface area contributed by atoms with Crippen molar-refractivity contribution < 1.29 is 9.53 Å². The van der Waals surface area contributed by atoms with Gasteiger partial charge in [-0.05, 0) is 78.7 Å². The van der Waals surface area contributed by atoms with Crippen molar-refractivity contribution in [3.8, 4) is 11.8 Å². The number of ether oxygens (including phenoxy) is 1. The van der Waals surface area contributed by atoms with Crippen molar-refractivity contribution in [3.63, 3.8) is 0 Å². The van der Waals surface area contributed by atoms with Crippen LogP contribution >= 0.6 is 11.3 Å². The van der Waals surface area contributed by atoms with Gasteiger partial charge in [-0.2, -0.15) is 0 Å². The molecular formula is C25H33NO2S. The fraction of sp³-hybridized carbons (Fsp3) is 0.640. The Morgan fingerprint density at radius 2 is 2.00 bits per heavy atom. The van der Waals surface area contributed by atoms with Crippen LogP contribution in [0.5, 0.6) is 0 Å². The number of thiophene rings is 1. The second kappa shape index (κ2) is 7.93. The van der Waals surface area contributed by atoms with Gasteiger partial charge in [0.1, 0.15) is 0 Å². The third-order valence-electron chi connectivity index (χ3n) is 6.43. The Hall–Kier alpha value is -1.57. The molecule has 3 aliphatic rings. The summed E-state index contributed by atoms with van der Waals surface area (Å²) in [5.74, 6) is 7.04. The molecule has 1 atom stereocenters. The van der Waals surface area contributed by atoms with Crippen molar-refractivity contribution in [3.05, 3.63) is 28.0 Å². The number of rotatable bonds is 3. The Morgan fingerprint density at radius 3 is 2.59 bits per heavy atom. The number of epoxide rings is 1. The van der Waals surface area contributed by atoms with E-state index in [1.54, 1.807) is 11.3 Å². The van der Waals surface area contributed by atoms with E-state index in [4.69, 9.17) is 4.74 Å². The van der Waals surface area contributed by atoms with Crippen LogP contribution in [0.3, 0.4) is 0 Å². The third kappa shape index (κ3) is 4.95. The zero-order chi connectivity index (χ0) is 20.6. The molecule has 4 rings (SSSR count). The summed E-state index contributed by atoms with van der Waals surface area (Å²) in [6, 6.07) is 2.41. The zero-order valence-electron chi connectivity index (χ0n) is 18.2. The van der Waals surface area contributed by atoms with Crippen molar-refractivity contribution >= 4 is 22.9 Å². The molecule has 1 aromatic rings. The first-order valence-electron chi connectivity index (χ1n) is 11.0. The van der Waals surface area contributed by atoms with Crippen molar-refractivity contribution in [2.24, 2.45) is 11.3 Å². The highest BCUT2D eigenvalue weighted by atomic mass is 32.1. The van der Waals surface area contributed by atoms with Crippen LogP contribution in [0.15, 0.2) is 23.1 Å². The molecule has 2 aliphatic carbocycles. The summed E-state index contributed by atoms with van der Waals surface area (Å²) in [4.78, 5) is 16.8. The Morgan fingerprint density at radius 1 is 1.28 bits per heavy atom. The van der Waals surface area contributed by atoms with Crippen LogP contribution in [-0.4, -0.2) is 24.2 Å². The largest absolute Gasteiger partial charge is 0.370 e. The average molecular weight is 412 g/mol. The summed E-state index contributed by atoms with van der Waals surface area (Å²) < 4.78 is 5.70. The molecule has 29 heavy (non-hydrogen) atoms. The smallest absolute Gasteiger partial charge is 0.230 e. The lowest BCUT2D eigenvalue weighted by molar-refractivity contribution is -0.123. The number of nitrogens with zero attached hydrogens (tertiary/aromatic N) is 1. The molecule has 0 N–H and O–H groups in total. The van der Waals surface area contributed by atoms with Gasteiger partial charge in [-0.3, -0.25) is 4.79 Å². The molecule has 3 nitrogen and oxygen atoms in total. The summed E-state index contributed by atoms with van der Waals surface area (Å²) in [5, 5.41) is 2.13. The molecule has 0 radical (unpaired) electrons. The topological polar surface area (TPSA) is 32.8 Å². The molecule has 1 amide bonds. The molecule has 1 saturated carbocycles. The van der Waals surface area contributed by atoms with Gasteiger partial charge in [0.2, 0.25) is 5.91 Å². The Labute approximate surface area is 179 Å². The van der Waals surface area contributed by atoms with Gasteiger partial charge in [-0.1, -0.05) is 23.5 Å². The molecule has 156 valence electrons. The van der Waals surface area contributed by atoms with Gasteiger partial charge in [0, 0.05) is 22.8 Å². The lowest BCUT2D eigenvalue weighted by Crippen LogP contribution is -2.46. The molecule has 2 fully saturated rings. The van der Waals surface area contributed by atoms with E-state index in [0.717, 1.165) is 62.1 Å². The Balaban J connectivity index is 1.57. The van der Waals surface area contributed by atoms with Gasteiger partial charge in [0.25, 0.3) is 0 Å². The van der Waals surface area contributed by atoms with E-state index in [9.17, 15) is 4.79 Å². The number of carbonyl (C=O) groups is 1. The van der Waals surface area contributed by atoms with Crippen LogP contribution in [-0.2, 0) is 9.53 Å². The summed E-state index contributed by atoms with van der Waals surface area (Å²) in [5.41, 5.74) is 2.59. The van der Waals surface area contributed by atoms with Gasteiger partial charge >= 0.3 is 0 Å². The first kappa shape index (κ1) is 20.7. The summed E-state index contributed by atoms with van der Waals surface area (Å²) in [7, 11) is 0. The molecule has 1 spiro atoms. The fourth-order valence-electron chi connectivity index (χ4n) is 4.45. The van der Waals surface area contributed by atoms with Crippen molar-refractivity contribution in [1.82, 2.24) is 0 Å². The van der Waals surface area contributed by atoms with E-state index >= 15 is 0 Å². The minimum Gasteiger partial charge on any atom is -0.370 e. The molecule has 1 aromatic heterocycles. The lowest BCUT2D eigenvalue weighted by atomic mass is 9.83. The first-order chi connectivity index (χ1) is 13.7. The second-order valence-corrected chi connectivity index (χ2v) is 11.0. The minimum absolute atomic E-state index is 0.0199. The molecule has 4 heteroatoms. The number of carbonyl (C=O) groups excluding carboxylic acids is 1. The second-order valence-electron chi connectivity index (χ2n) is 10.1. The average Bonchev–Trinajstić information content (AvgIpc) is 3.27. The van der Waals surface area contributed by atoms with Gasteiger partial charge in [-0.15, -0.1) is 11.3 Å². The zero-order valence-corrected chi connectivity index (χ0v) is 19.0. The predicted molar refractivity (Wildman–Crippen MR) is 120 cm³/mol. The van der Waals surface area contributed by atoms with Crippen molar-refractivity contribution in [2.45, 2.75) is 84.3 Å². The predicted octanol–water partition coefficient (Wildman–Crippen LogP) is 5.94. The number of hydrogen-bond acceptors (Lipinski definition) is 3. The van der Waals surface area contributed by atoms with E-state index in [2.05, 4.69) is 62.0 Å². The van der Waals surface area contributed by atoms with Crippen LogP contribution in [0.1, 0.15) is 77.5 Å². The quantitative estimate of drug-likeness (QED) is 0.350. The molecule has 0 bridgehead atoms. The van der Waals surface area contributed by atoms with Crippen LogP contribution in [0.4, 0.5) is 5.69 Å². The van der Waals surface area contributed by atoms with E-state index < -0.39 is 0 Å². The normalized spacial score (nSPS) is 29.0. The SMILES string of the molecule is CC1=CC[C@H](C(=O)N(c2csc(C#CC(C)(C)C)c2)[C@H]2CC[C@]3(CC2)CO3)CC1. The highest BCUT2D eigenvalue weighted by molar-refractivity contribution is 7.11. The maximum Gasteiger partial charge on any atom is 0.230 e. The first-order valence-corrected chi connectivity index (χ1v) is 11.9. The van der Waals surface area contributed by atoms with Gasteiger partial charge in [0.05, 0.1) is 22.8 Å². The van der Waals surface area contributed by atoms with Crippen molar-refractivity contribution in [2.75, 3.05) is 11.5 Å². The minimum atomic E-state index is -0.0199. The van der Waals surface area contributed by atoms with Crippen LogP contribution < -0.4 is 4.90 Å². The Bertz CT molecular complexity index is 849. The summed E-state index contributed by atoms with van der Waals surface area (Å²) in [6.45, 7) is 9.46.